The van der Waals surface area contributed by atoms with Gasteiger partial charge in [0.2, 0.25) is 5.91 Å². The Balaban J connectivity index is 0.00000182. The summed E-state index contributed by atoms with van der Waals surface area (Å²) < 4.78 is 0. The van der Waals surface area contributed by atoms with Crippen LogP contribution in [0.2, 0.25) is 0 Å². The summed E-state index contributed by atoms with van der Waals surface area (Å²) in [7, 11) is 2.00. The van der Waals surface area contributed by atoms with Crippen molar-refractivity contribution in [2.75, 3.05) is 33.2 Å². The van der Waals surface area contributed by atoms with Gasteiger partial charge in [-0.15, -0.1) is 24.8 Å². The SMILES string of the molecule is CNC1CCCN(C(=O)C(C)N2CCC(Cc3ccccc3)CC2)C1.Cl.Cl. The molecule has 0 spiro atoms. The van der Waals surface area contributed by atoms with Gasteiger partial charge in [-0.2, -0.15) is 0 Å². The highest BCUT2D eigenvalue weighted by Gasteiger charge is 2.31. The first-order valence-electron chi connectivity index (χ1n) is 9.91. The van der Waals surface area contributed by atoms with Gasteiger partial charge in [-0.05, 0) is 70.6 Å². The fourth-order valence-corrected chi connectivity index (χ4v) is 4.33. The number of nitrogens with zero attached hydrogens (tertiary/aromatic N) is 2. The van der Waals surface area contributed by atoms with Crippen LogP contribution in [0.1, 0.15) is 38.2 Å². The van der Waals surface area contributed by atoms with Crippen LogP contribution in [0.25, 0.3) is 0 Å². The smallest absolute Gasteiger partial charge is 0.239 e. The molecule has 1 N–H and O–H groups in total. The number of halogens is 2. The summed E-state index contributed by atoms with van der Waals surface area (Å²) in [5.74, 6) is 1.08. The fourth-order valence-electron chi connectivity index (χ4n) is 4.33. The fraction of sp³-hybridized carbons (Fsp3) is 0.667. The highest BCUT2D eigenvalue weighted by molar-refractivity contribution is 5.85. The van der Waals surface area contributed by atoms with E-state index in [1.165, 1.54) is 31.2 Å². The first-order chi connectivity index (χ1) is 12.2. The van der Waals surface area contributed by atoms with E-state index in [2.05, 4.69) is 52.4 Å². The van der Waals surface area contributed by atoms with E-state index in [1.54, 1.807) is 0 Å². The Morgan fingerprint density at radius 1 is 1.11 bits per heavy atom. The monoisotopic (exact) mass is 415 g/mol. The average Bonchev–Trinajstić information content (AvgIpc) is 2.68. The van der Waals surface area contributed by atoms with Crippen molar-refractivity contribution in [3.63, 3.8) is 0 Å². The third-order valence-electron chi connectivity index (χ3n) is 6.06. The molecule has 2 fully saturated rings. The predicted molar refractivity (Wildman–Crippen MR) is 117 cm³/mol. The second-order valence-electron chi connectivity index (χ2n) is 7.76. The van der Waals surface area contributed by atoms with Crippen molar-refractivity contribution in [1.82, 2.24) is 15.1 Å². The maximum absolute atomic E-state index is 12.9. The van der Waals surface area contributed by atoms with Gasteiger partial charge in [0.1, 0.15) is 0 Å². The van der Waals surface area contributed by atoms with Crippen LogP contribution < -0.4 is 5.32 Å². The van der Waals surface area contributed by atoms with Crippen LogP contribution in [0.5, 0.6) is 0 Å². The zero-order valence-electron chi connectivity index (χ0n) is 16.6. The Morgan fingerprint density at radius 3 is 2.41 bits per heavy atom. The number of carbonyl (C=O) groups excluding carboxylic acids is 1. The van der Waals surface area contributed by atoms with E-state index in [-0.39, 0.29) is 30.9 Å². The third kappa shape index (κ3) is 6.63. The van der Waals surface area contributed by atoms with E-state index in [0.717, 1.165) is 38.5 Å². The van der Waals surface area contributed by atoms with Gasteiger partial charge >= 0.3 is 0 Å². The molecule has 2 aliphatic rings. The molecule has 1 aromatic rings. The Labute approximate surface area is 176 Å². The number of benzene rings is 1. The molecule has 154 valence electrons. The minimum Gasteiger partial charge on any atom is -0.340 e. The van der Waals surface area contributed by atoms with Gasteiger partial charge in [-0.3, -0.25) is 9.69 Å². The third-order valence-corrected chi connectivity index (χ3v) is 6.06. The average molecular weight is 416 g/mol. The molecule has 6 heteroatoms. The molecule has 27 heavy (non-hydrogen) atoms. The molecule has 2 heterocycles. The lowest BCUT2D eigenvalue weighted by Gasteiger charge is -2.39. The molecule has 0 radical (unpaired) electrons. The van der Waals surface area contributed by atoms with Crippen molar-refractivity contribution in [2.24, 2.45) is 5.92 Å². The Kier molecular flexibility index (Phi) is 10.7. The summed E-state index contributed by atoms with van der Waals surface area (Å²) in [5, 5.41) is 3.33. The number of piperidine rings is 2. The van der Waals surface area contributed by atoms with Gasteiger partial charge in [0.25, 0.3) is 0 Å². The lowest BCUT2D eigenvalue weighted by Crippen LogP contribution is -2.54. The second-order valence-corrected chi connectivity index (χ2v) is 7.76. The van der Waals surface area contributed by atoms with Crippen molar-refractivity contribution in [1.29, 1.82) is 0 Å². The normalized spacial score (nSPS) is 22.4. The van der Waals surface area contributed by atoms with Crippen molar-refractivity contribution in [3.05, 3.63) is 35.9 Å². The molecule has 0 aromatic heterocycles. The first-order valence-corrected chi connectivity index (χ1v) is 9.91. The predicted octanol–water partition coefficient (Wildman–Crippen LogP) is 3.38. The van der Waals surface area contributed by atoms with Crippen LogP contribution in [0.15, 0.2) is 30.3 Å². The van der Waals surface area contributed by atoms with Crippen molar-refractivity contribution in [3.8, 4) is 0 Å². The van der Waals surface area contributed by atoms with E-state index in [1.807, 2.05) is 7.05 Å². The highest BCUT2D eigenvalue weighted by atomic mass is 35.5. The molecular formula is C21H35Cl2N3O. The maximum Gasteiger partial charge on any atom is 0.239 e. The van der Waals surface area contributed by atoms with Gasteiger partial charge in [0.15, 0.2) is 0 Å². The van der Waals surface area contributed by atoms with E-state index in [4.69, 9.17) is 0 Å². The summed E-state index contributed by atoms with van der Waals surface area (Å²) in [6.07, 6.45) is 5.87. The highest BCUT2D eigenvalue weighted by Crippen LogP contribution is 2.24. The summed E-state index contributed by atoms with van der Waals surface area (Å²) in [6, 6.07) is 11.3. The molecular weight excluding hydrogens is 381 g/mol. The lowest BCUT2D eigenvalue weighted by atomic mass is 9.89. The topological polar surface area (TPSA) is 35.6 Å². The molecule has 3 rings (SSSR count). The Morgan fingerprint density at radius 2 is 1.78 bits per heavy atom. The molecule has 1 amide bonds. The Bertz CT molecular complexity index is 550. The number of likely N-dealkylation sites (N-methyl/N-ethyl adjacent to an activating group) is 1. The zero-order chi connectivity index (χ0) is 17.6. The molecule has 2 unspecified atom stereocenters. The number of rotatable bonds is 5. The molecule has 2 saturated heterocycles. The minimum absolute atomic E-state index is 0. The number of hydrogen-bond acceptors (Lipinski definition) is 3. The quantitative estimate of drug-likeness (QED) is 0.800. The van der Waals surface area contributed by atoms with Crippen LogP contribution in [-0.4, -0.2) is 61.0 Å². The van der Waals surface area contributed by atoms with Gasteiger partial charge in [-0.1, -0.05) is 30.3 Å². The molecule has 0 aliphatic carbocycles. The molecule has 2 atom stereocenters. The molecule has 0 saturated carbocycles. The van der Waals surface area contributed by atoms with Gasteiger partial charge in [0, 0.05) is 19.1 Å². The number of likely N-dealkylation sites (tertiary alicyclic amines) is 2. The number of carbonyl (C=O) groups is 1. The van der Waals surface area contributed by atoms with E-state index >= 15 is 0 Å². The number of nitrogens with one attached hydrogen (secondary N) is 1. The largest absolute Gasteiger partial charge is 0.340 e. The summed E-state index contributed by atoms with van der Waals surface area (Å²) in [5.41, 5.74) is 1.44. The Hall–Kier alpha value is -0.810. The first kappa shape index (κ1) is 24.2. The molecule has 1 aromatic carbocycles. The van der Waals surface area contributed by atoms with E-state index in [9.17, 15) is 4.79 Å². The number of hydrogen-bond donors (Lipinski definition) is 1. The van der Waals surface area contributed by atoms with Crippen molar-refractivity contribution < 1.29 is 4.79 Å². The molecule has 0 bridgehead atoms. The summed E-state index contributed by atoms with van der Waals surface area (Å²) in [4.78, 5) is 17.4. The van der Waals surface area contributed by atoms with Gasteiger partial charge in [0.05, 0.1) is 6.04 Å². The molecule has 2 aliphatic heterocycles. The van der Waals surface area contributed by atoms with Crippen LogP contribution in [-0.2, 0) is 11.2 Å². The molecule has 4 nitrogen and oxygen atoms in total. The summed E-state index contributed by atoms with van der Waals surface area (Å²) >= 11 is 0. The van der Waals surface area contributed by atoms with Crippen LogP contribution in [0.3, 0.4) is 0 Å². The van der Waals surface area contributed by atoms with Crippen LogP contribution in [0.4, 0.5) is 0 Å². The van der Waals surface area contributed by atoms with Crippen LogP contribution >= 0.6 is 24.8 Å². The van der Waals surface area contributed by atoms with E-state index < -0.39 is 0 Å². The zero-order valence-corrected chi connectivity index (χ0v) is 18.2. The number of amides is 1. The summed E-state index contributed by atoms with van der Waals surface area (Å²) in [6.45, 7) is 5.99. The van der Waals surface area contributed by atoms with Gasteiger partial charge < -0.3 is 10.2 Å². The lowest BCUT2D eigenvalue weighted by molar-refractivity contribution is -0.138. The van der Waals surface area contributed by atoms with Crippen molar-refractivity contribution >= 4 is 30.7 Å². The van der Waals surface area contributed by atoms with Gasteiger partial charge in [-0.25, -0.2) is 0 Å². The van der Waals surface area contributed by atoms with E-state index in [0.29, 0.717) is 11.9 Å². The standard InChI is InChI=1S/C21H33N3O.2ClH/c1-17(21(25)24-12-6-9-20(16-24)22-2)23-13-10-19(11-14-23)15-18-7-4-3-5-8-18;;/h3-5,7-8,17,19-20,22H,6,9-16H2,1-2H3;2*1H. The van der Waals surface area contributed by atoms with Crippen LogP contribution in [0, 0.1) is 5.92 Å². The van der Waals surface area contributed by atoms with Crippen molar-refractivity contribution in [2.45, 2.75) is 51.1 Å². The minimum atomic E-state index is 0. The maximum atomic E-state index is 12.9. The second kappa shape index (κ2) is 11.9.